The second-order valence-electron chi connectivity index (χ2n) is 11.8. The number of hydrogen-bond donors (Lipinski definition) is 2. The second kappa shape index (κ2) is 32.9. The van der Waals surface area contributed by atoms with E-state index in [4.69, 9.17) is 19.3 Å². The van der Waals surface area contributed by atoms with Gasteiger partial charge in [0.2, 0.25) is 0 Å². The minimum absolute atomic E-state index is 0.205. The molecule has 0 aromatic rings. The molecule has 1 atom stereocenters. The molecule has 0 heterocycles. The van der Waals surface area contributed by atoms with Crippen LogP contribution in [0, 0.1) is 0 Å². The predicted octanol–water partition coefficient (Wildman–Crippen LogP) is 10.4. The zero-order valence-corrected chi connectivity index (χ0v) is 29.9. The zero-order chi connectivity index (χ0) is 34.0. The average Bonchev–Trinajstić information content (AvgIpc) is 3.02. The fourth-order valence-electron chi connectivity index (χ4n) is 4.66. The average molecular weight is 669 g/mol. The van der Waals surface area contributed by atoms with Gasteiger partial charge < -0.3 is 19.3 Å². The van der Waals surface area contributed by atoms with E-state index in [2.05, 4.69) is 67.0 Å². The molecule has 0 rings (SSSR count). The smallest absolute Gasteiger partial charge is 0.462 e. The number of phosphoric ester groups is 1. The van der Waals surface area contributed by atoms with Crippen LogP contribution in [-0.4, -0.2) is 41.0 Å². The van der Waals surface area contributed by atoms with E-state index >= 15 is 0 Å². The number of ether oxygens (including phenoxy) is 2. The molecule has 2 N–H and O–H groups in total. The van der Waals surface area contributed by atoms with Crippen molar-refractivity contribution in [3.63, 3.8) is 0 Å². The minimum Gasteiger partial charge on any atom is -0.462 e. The molecule has 0 radical (unpaired) electrons. The summed E-state index contributed by atoms with van der Waals surface area (Å²) >= 11 is 0. The number of allylic oxidation sites excluding steroid dienone is 8. The van der Waals surface area contributed by atoms with Crippen LogP contribution < -0.4 is 0 Å². The number of carbonyl (C=O) groups excluding carboxylic acids is 2. The van der Waals surface area contributed by atoms with E-state index in [1.54, 1.807) is 0 Å². The summed E-state index contributed by atoms with van der Waals surface area (Å²) < 4.78 is 26.2. The number of phosphoric acid groups is 1. The van der Waals surface area contributed by atoms with E-state index in [0.717, 1.165) is 64.2 Å². The third-order valence-electron chi connectivity index (χ3n) is 7.33. The number of hydrogen-bond acceptors (Lipinski definition) is 6. The maximum atomic E-state index is 12.3. The van der Waals surface area contributed by atoms with Gasteiger partial charge >= 0.3 is 19.8 Å². The van der Waals surface area contributed by atoms with Crippen molar-refractivity contribution >= 4 is 19.8 Å². The van der Waals surface area contributed by atoms with Crippen LogP contribution in [0.4, 0.5) is 0 Å². The summed E-state index contributed by atoms with van der Waals surface area (Å²) in [5, 5.41) is 0. The van der Waals surface area contributed by atoms with Gasteiger partial charge in [-0.1, -0.05) is 140 Å². The summed E-state index contributed by atoms with van der Waals surface area (Å²) in [6.45, 7) is 3.56. The van der Waals surface area contributed by atoms with Crippen LogP contribution in [0.2, 0.25) is 0 Å². The van der Waals surface area contributed by atoms with Gasteiger partial charge in [-0.2, -0.15) is 0 Å². The highest BCUT2D eigenvalue weighted by molar-refractivity contribution is 7.46. The Hall–Kier alpha value is -1.99. The van der Waals surface area contributed by atoms with E-state index in [-0.39, 0.29) is 19.4 Å². The van der Waals surface area contributed by atoms with E-state index in [0.29, 0.717) is 12.8 Å². The molecule has 0 saturated heterocycles. The van der Waals surface area contributed by atoms with Crippen LogP contribution in [0.25, 0.3) is 0 Å². The van der Waals surface area contributed by atoms with E-state index in [1.807, 2.05) is 0 Å². The fourth-order valence-corrected chi connectivity index (χ4v) is 5.02. The van der Waals surface area contributed by atoms with Gasteiger partial charge in [0.25, 0.3) is 0 Å². The molecular formula is C37H65O8P. The van der Waals surface area contributed by atoms with Crippen LogP contribution in [0.1, 0.15) is 155 Å². The second-order valence-corrected chi connectivity index (χ2v) is 13.1. The Kier molecular flexibility index (Phi) is 31.5. The third kappa shape index (κ3) is 34.9. The van der Waals surface area contributed by atoms with E-state index in [9.17, 15) is 14.2 Å². The number of esters is 2. The summed E-state index contributed by atoms with van der Waals surface area (Å²) in [5.41, 5.74) is 0. The summed E-state index contributed by atoms with van der Waals surface area (Å²) in [6, 6.07) is 0. The van der Waals surface area contributed by atoms with Gasteiger partial charge in [0.15, 0.2) is 6.10 Å². The Morgan fingerprint density at radius 3 is 1.54 bits per heavy atom. The van der Waals surface area contributed by atoms with Crippen LogP contribution in [-0.2, 0) is 28.2 Å². The monoisotopic (exact) mass is 668 g/mol. The first-order valence-electron chi connectivity index (χ1n) is 17.9. The number of carbonyl (C=O) groups is 2. The summed E-state index contributed by atoms with van der Waals surface area (Å²) in [4.78, 5) is 42.6. The standard InChI is InChI=1S/C37H65O8P/c1-3-5-7-9-11-13-15-16-17-18-19-20-22-23-25-27-29-31-36(38)43-33-35(34-44-46(40,41)42)45-37(39)32-30-28-26-24-21-14-12-10-8-6-4-2/h7,9,13,15,17-18,20,22,35H,3-6,8,10-12,14,16,19,21,23-34H2,1-2H3,(H2,40,41,42)/b9-7+,15-13+,18-17+,22-20+/t35-/m1/s1. The van der Waals surface area contributed by atoms with Gasteiger partial charge in [0.05, 0.1) is 6.61 Å². The summed E-state index contributed by atoms with van der Waals surface area (Å²) in [6.07, 6.45) is 38.3. The van der Waals surface area contributed by atoms with Crippen LogP contribution in [0.5, 0.6) is 0 Å². The van der Waals surface area contributed by atoms with Crippen LogP contribution >= 0.6 is 7.82 Å². The topological polar surface area (TPSA) is 119 Å². The first-order chi connectivity index (χ1) is 22.3. The highest BCUT2D eigenvalue weighted by atomic mass is 31.2. The van der Waals surface area contributed by atoms with Crippen molar-refractivity contribution in [1.29, 1.82) is 0 Å². The molecule has 266 valence electrons. The SMILES string of the molecule is CCC/C=C/C/C=C/C/C=C/C/C=C/CCCCCC(=O)OC[C@H](COP(=O)(O)O)OC(=O)CCCCCCCCCCCCC. The molecule has 0 aromatic heterocycles. The number of rotatable bonds is 32. The van der Waals surface area contributed by atoms with Crippen molar-refractivity contribution in [1.82, 2.24) is 0 Å². The first-order valence-corrected chi connectivity index (χ1v) is 19.5. The molecule has 0 bridgehead atoms. The van der Waals surface area contributed by atoms with Crippen LogP contribution in [0.3, 0.4) is 0 Å². The highest BCUT2D eigenvalue weighted by Crippen LogP contribution is 2.35. The lowest BCUT2D eigenvalue weighted by Crippen LogP contribution is -2.29. The van der Waals surface area contributed by atoms with E-state index in [1.165, 1.54) is 51.4 Å². The number of unbranched alkanes of at least 4 members (excludes halogenated alkanes) is 14. The molecule has 0 aliphatic carbocycles. The molecule has 9 heteroatoms. The molecular weight excluding hydrogens is 603 g/mol. The molecule has 0 aliphatic rings. The quantitative estimate of drug-likeness (QED) is 0.0315. The molecule has 46 heavy (non-hydrogen) atoms. The molecule has 0 saturated carbocycles. The Morgan fingerprint density at radius 1 is 0.565 bits per heavy atom. The van der Waals surface area contributed by atoms with Gasteiger partial charge in [-0.25, -0.2) is 4.57 Å². The maximum absolute atomic E-state index is 12.3. The summed E-state index contributed by atoms with van der Waals surface area (Å²) in [5.74, 6) is -0.924. The van der Waals surface area contributed by atoms with E-state index < -0.39 is 32.5 Å². The van der Waals surface area contributed by atoms with Crippen molar-refractivity contribution in [2.45, 2.75) is 161 Å². The van der Waals surface area contributed by atoms with Gasteiger partial charge in [0.1, 0.15) is 6.61 Å². The molecule has 8 nitrogen and oxygen atoms in total. The lowest BCUT2D eigenvalue weighted by Gasteiger charge is -2.18. The fraction of sp³-hybridized carbons (Fsp3) is 0.730. The van der Waals surface area contributed by atoms with Gasteiger partial charge in [-0.05, 0) is 51.4 Å². The largest absolute Gasteiger partial charge is 0.469 e. The third-order valence-corrected chi connectivity index (χ3v) is 7.82. The van der Waals surface area contributed by atoms with Crippen molar-refractivity contribution in [2.75, 3.05) is 13.2 Å². The van der Waals surface area contributed by atoms with Crippen molar-refractivity contribution in [2.24, 2.45) is 0 Å². The molecule has 0 spiro atoms. The molecule has 0 amide bonds. The Morgan fingerprint density at radius 2 is 1.02 bits per heavy atom. The van der Waals surface area contributed by atoms with Gasteiger partial charge in [0, 0.05) is 12.8 Å². The molecule has 0 fully saturated rings. The zero-order valence-electron chi connectivity index (χ0n) is 29.0. The van der Waals surface area contributed by atoms with Gasteiger partial charge in [-0.3, -0.25) is 14.1 Å². The molecule has 0 aromatic carbocycles. The predicted molar refractivity (Wildman–Crippen MR) is 188 cm³/mol. The lowest BCUT2D eigenvalue weighted by atomic mass is 10.1. The normalized spacial score (nSPS) is 13.0. The lowest BCUT2D eigenvalue weighted by molar-refractivity contribution is -0.161. The van der Waals surface area contributed by atoms with Crippen molar-refractivity contribution in [3.8, 4) is 0 Å². The van der Waals surface area contributed by atoms with Crippen molar-refractivity contribution in [3.05, 3.63) is 48.6 Å². The molecule has 0 unspecified atom stereocenters. The Labute approximate surface area is 280 Å². The maximum Gasteiger partial charge on any atom is 0.469 e. The first kappa shape index (κ1) is 44.0. The Balaban J connectivity index is 4.05. The van der Waals surface area contributed by atoms with Gasteiger partial charge in [-0.15, -0.1) is 0 Å². The Bertz CT molecular complexity index is 890. The van der Waals surface area contributed by atoms with Crippen molar-refractivity contribution < 1.29 is 37.9 Å². The molecule has 0 aliphatic heterocycles. The minimum atomic E-state index is -4.75. The highest BCUT2D eigenvalue weighted by Gasteiger charge is 2.22. The summed E-state index contributed by atoms with van der Waals surface area (Å²) in [7, 11) is -4.75. The van der Waals surface area contributed by atoms with Crippen LogP contribution in [0.15, 0.2) is 48.6 Å².